The normalized spacial score (nSPS) is 13.0. The topological polar surface area (TPSA) is 85.1 Å². The lowest BCUT2D eigenvalue weighted by molar-refractivity contribution is -0.676. The molecule has 1 heterocycles. The number of aryl methyl sites for hydroxylation is 2. The average Bonchev–Trinajstić information content (AvgIpc) is 3.14. The molecule has 0 atom stereocenters. The van der Waals surface area contributed by atoms with Gasteiger partial charge in [0.15, 0.2) is 15.2 Å². The minimum atomic E-state index is -6.09. The van der Waals surface area contributed by atoms with Gasteiger partial charge in [-0.3, -0.25) is 0 Å². The molecule has 2 N–H and O–H groups in total. The first-order chi connectivity index (χ1) is 25.0. The van der Waals surface area contributed by atoms with Crippen LogP contribution in [-0.4, -0.2) is 30.1 Å². The van der Waals surface area contributed by atoms with E-state index in [1.807, 2.05) is 30.3 Å². The van der Waals surface area contributed by atoms with Crippen LogP contribution in [0.15, 0.2) is 109 Å². The summed E-state index contributed by atoms with van der Waals surface area (Å²) in [6.45, 7) is 1.92. The Morgan fingerprint density at radius 3 is 1.71 bits per heavy atom. The van der Waals surface area contributed by atoms with Crippen LogP contribution < -0.4 is 15.2 Å². The minimum Gasteiger partial charge on any atom is -0.741 e. The van der Waals surface area contributed by atoms with E-state index in [-0.39, 0.29) is 0 Å². The molecule has 0 radical (unpaired) electrons. The highest BCUT2D eigenvalue weighted by Crippen LogP contribution is 2.44. The zero-order chi connectivity index (χ0) is 36.7. The number of hydrogen-bond acceptors (Lipinski definition) is 4. The summed E-state index contributed by atoms with van der Waals surface area (Å²) in [5.74, 6) is 0. The average molecular weight is 744 g/mol. The second-order valence-corrected chi connectivity index (χ2v) is 14.7. The standard InChI is InChI=1S/C40H39N3S.CHF3O3S/c44-40(42-32-19-7-4-8-20-32)41-27-13-1-2-14-28-43-38-33-21-11-9-15-29(33)23-25-35(38)37(31-17-5-3-6-18-31)36-26-24-30-16-10-12-22-34(30)39(36)43;2-1(3,4)8(5,6)7/h3-12,15-22H,1-2,13-14,23-28H2,(H-,41,42,44);(H,5,6,7). The minimum absolute atomic E-state index is 0.695. The Morgan fingerprint density at radius 1 is 0.692 bits per heavy atom. The van der Waals surface area contributed by atoms with Gasteiger partial charge in [-0.25, -0.2) is 8.42 Å². The second-order valence-electron chi connectivity index (χ2n) is 12.9. The quantitative estimate of drug-likeness (QED) is 0.0517. The zero-order valence-electron chi connectivity index (χ0n) is 28.6. The van der Waals surface area contributed by atoms with Crippen molar-refractivity contribution in [2.45, 2.75) is 63.4 Å². The monoisotopic (exact) mass is 743 g/mol. The van der Waals surface area contributed by atoms with Crippen molar-refractivity contribution < 1.29 is 30.7 Å². The molecule has 52 heavy (non-hydrogen) atoms. The molecule has 7 rings (SSSR count). The summed E-state index contributed by atoms with van der Waals surface area (Å²) >= 11 is 5.50. The van der Waals surface area contributed by atoms with Crippen molar-refractivity contribution in [2.24, 2.45) is 0 Å². The maximum absolute atomic E-state index is 10.7. The Bertz CT molecular complexity index is 2070. The fourth-order valence-electron chi connectivity index (χ4n) is 7.24. The number of halogens is 3. The second kappa shape index (κ2) is 16.4. The molecular weight excluding hydrogens is 704 g/mol. The molecule has 0 bridgehead atoms. The Balaban J connectivity index is 0.000000522. The van der Waals surface area contributed by atoms with E-state index in [4.69, 9.17) is 25.2 Å². The lowest BCUT2D eigenvalue weighted by atomic mass is 9.77. The molecule has 2 aliphatic rings. The van der Waals surface area contributed by atoms with E-state index in [2.05, 4.69) is 94.1 Å². The number of fused-ring (bicyclic) bond motifs is 6. The van der Waals surface area contributed by atoms with E-state index in [0.29, 0.717) is 5.11 Å². The number of aromatic nitrogens is 1. The lowest BCUT2D eigenvalue weighted by Crippen LogP contribution is -2.43. The van der Waals surface area contributed by atoms with Crippen molar-refractivity contribution in [3.63, 3.8) is 0 Å². The summed E-state index contributed by atoms with van der Waals surface area (Å²) in [7, 11) is -6.09. The van der Waals surface area contributed by atoms with Crippen molar-refractivity contribution in [3.05, 3.63) is 131 Å². The number of nitrogens with one attached hydrogen (secondary N) is 2. The number of thiocarbonyl (C=S) groups is 1. The van der Waals surface area contributed by atoms with E-state index in [9.17, 15) is 13.2 Å². The molecule has 0 spiro atoms. The smallest absolute Gasteiger partial charge is 0.485 e. The number of alkyl halides is 3. The number of benzene rings is 4. The van der Waals surface area contributed by atoms with Crippen molar-refractivity contribution in [3.8, 4) is 33.6 Å². The highest BCUT2D eigenvalue weighted by molar-refractivity contribution is 7.86. The molecular formula is C41H40F3N3O3S2. The van der Waals surface area contributed by atoms with Crippen molar-refractivity contribution in [1.29, 1.82) is 0 Å². The van der Waals surface area contributed by atoms with E-state index in [0.717, 1.165) is 57.3 Å². The molecule has 270 valence electrons. The van der Waals surface area contributed by atoms with Gasteiger partial charge < -0.3 is 15.2 Å². The largest absolute Gasteiger partial charge is 0.741 e. The van der Waals surface area contributed by atoms with Gasteiger partial charge in [-0.2, -0.15) is 17.7 Å². The summed E-state index contributed by atoms with van der Waals surface area (Å²) < 4.78 is 61.6. The third kappa shape index (κ3) is 8.54. The number of rotatable bonds is 9. The molecule has 0 saturated heterocycles. The van der Waals surface area contributed by atoms with Crippen LogP contribution in [0.1, 0.15) is 47.9 Å². The number of nitrogens with zero attached hydrogens (tertiary/aromatic N) is 1. The molecule has 1 aromatic heterocycles. The molecule has 0 unspecified atom stereocenters. The molecule has 2 aliphatic carbocycles. The van der Waals surface area contributed by atoms with Crippen molar-refractivity contribution in [2.75, 3.05) is 11.9 Å². The highest BCUT2D eigenvalue weighted by atomic mass is 32.2. The molecule has 0 aliphatic heterocycles. The Labute approximate surface area is 308 Å². The molecule has 11 heteroatoms. The molecule has 5 aromatic rings. The van der Waals surface area contributed by atoms with Gasteiger partial charge in [0.1, 0.15) is 6.54 Å². The van der Waals surface area contributed by atoms with Crippen molar-refractivity contribution >= 4 is 33.1 Å². The van der Waals surface area contributed by atoms with Crippen LogP contribution >= 0.6 is 12.2 Å². The van der Waals surface area contributed by atoms with Crippen LogP contribution in [0.2, 0.25) is 0 Å². The summed E-state index contributed by atoms with van der Waals surface area (Å²) in [6.07, 6.45) is 9.03. The maximum atomic E-state index is 10.7. The number of unbranched alkanes of at least 4 members (excludes halogenated alkanes) is 3. The highest BCUT2D eigenvalue weighted by Gasteiger charge is 2.38. The zero-order valence-corrected chi connectivity index (χ0v) is 30.2. The first-order valence-corrected chi connectivity index (χ1v) is 19.3. The van der Waals surface area contributed by atoms with Gasteiger partial charge in [-0.05, 0) is 91.7 Å². The van der Waals surface area contributed by atoms with E-state index >= 15 is 0 Å². The van der Waals surface area contributed by atoms with Crippen LogP contribution in [0.4, 0.5) is 18.9 Å². The molecule has 6 nitrogen and oxygen atoms in total. The van der Waals surface area contributed by atoms with Gasteiger partial charge in [-0.1, -0.05) is 91.3 Å². The van der Waals surface area contributed by atoms with E-state index < -0.39 is 15.6 Å². The summed E-state index contributed by atoms with van der Waals surface area (Å²) in [4.78, 5) is 0. The Morgan fingerprint density at radius 2 is 1.17 bits per heavy atom. The fourth-order valence-corrected chi connectivity index (χ4v) is 7.46. The molecule has 4 aromatic carbocycles. The third-order valence-electron chi connectivity index (χ3n) is 9.52. The van der Waals surface area contributed by atoms with Crippen LogP contribution in [0.3, 0.4) is 0 Å². The number of hydrogen-bond donors (Lipinski definition) is 2. The maximum Gasteiger partial charge on any atom is 0.485 e. The predicted octanol–water partition coefficient (Wildman–Crippen LogP) is 8.77. The van der Waals surface area contributed by atoms with E-state index in [1.54, 1.807) is 0 Å². The van der Waals surface area contributed by atoms with Gasteiger partial charge in [0.25, 0.3) is 0 Å². The van der Waals surface area contributed by atoms with Crippen LogP contribution in [0.25, 0.3) is 33.6 Å². The van der Waals surface area contributed by atoms with Gasteiger partial charge in [0.05, 0.1) is 0 Å². The lowest BCUT2D eigenvalue weighted by Gasteiger charge is -2.28. The van der Waals surface area contributed by atoms with Gasteiger partial charge >= 0.3 is 5.51 Å². The summed E-state index contributed by atoms with van der Waals surface area (Å²) in [5, 5.41) is 7.35. The Hall–Kier alpha value is -4.58. The van der Waals surface area contributed by atoms with Crippen LogP contribution in [-0.2, 0) is 42.3 Å². The predicted molar refractivity (Wildman–Crippen MR) is 203 cm³/mol. The van der Waals surface area contributed by atoms with E-state index in [1.165, 1.54) is 68.7 Å². The molecule has 0 amide bonds. The van der Waals surface area contributed by atoms with Crippen molar-refractivity contribution in [1.82, 2.24) is 5.32 Å². The van der Waals surface area contributed by atoms with Crippen LogP contribution in [0.5, 0.6) is 0 Å². The summed E-state index contributed by atoms with van der Waals surface area (Å²) in [5.41, 5.74) is 9.98. The Kier molecular flexibility index (Phi) is 11.7. The molecule has 0 saturated carbocycles. The first kappa shape index (κ1) is 37.2. The third-order valence-corrected chi connectivity index (χ3v) is 10.3. The first-order valence-electron chi connectivity index (χ1n) is 17.5. The van der Waals surface area contributed by atoms with Gasteiger partial charge in [0.2, 0.25) is 11.4 Å². The van der Waals surface area contributed by atoms with Gasteiger partial charge in [-0.15, -0.1) is 0 Å². The SMILES string of the molecule is O=S(=O)([O-])C(F)(F)F.S=C(NCCCCCC[n+]1c2c(c(-c3ccccc3)c3c1-c1ccccc1CC3)CCc1ccccc1-2)Nc1ccccc1. The number of para-hydroxylation sites is 1. The summed E-state index contributed by atoms with van der Waals surface area (Å²) in [6, 6.07) is 39.5. The number of anilines is 1. The number of pyridine rings is 1. The van der Waals surface area contributed by atoms with Crippen LogP contribution in [0, 0.1) is 0 Å². The molecule has 0 fully saturated rings. The van der Waals surface area contributed by atoms with Gasteiger partial charge in [0, 0.05) is 46.5 Å². The fraction of sp³-hybridized carbons (Fsp3) is 0.268.